The highest BCUT2D eigenvalue weighted by atomic mass is 19.4. The molecular formula is C20H18F3NO. The Balaban J connectivity index is 1.70. The van der Waals surface area contributed by atoms with Crippen molar-refractivity contribution in [2.45, 2.75) is 32.0 Å². The monoisotopic (exact) mass is 345 g/mol. The van der Waals surface area contributed by atoms with E-state index in [1.54, 1.807) is 12.1 Å². The molecule has 25 heavy (non-hydrogen) atoms. The summed E-state index contributed by atoms with van der Waals surface area (Å²) < 4.78 is 40.4. The van der Waals surface area contributed by atoms with Gasteiger partial charge in [-0.15, -0.1) is 13.2 Å². The van der Waals surface area contributed by atoms with Crippen molar-refractivity contribution in [2.75, 3.05) is 0 Å². The van der Waals surface area contributed by atoms with Gasteiger partial charge in [0.25, 0.3) is 0 Å². The van der Waals surface area contributed by atoms with Gasteiger partial charge in [-0.05, 0) is 61.1 Å². The Bertz CT molecular complexity index is 762. The largest absolute Gasteiger partial charge is 0.573 e. The van der Waals surface area contributed by atoms with Crippen LogP contribution < -0.4 is 4.74 Å². The molecule has 0 aliphatic heterocycles. The molecule has 1 aliphatic rings. The van der Waals surface area contributed by atoms with Crippen LogP contribution in [-0.4, -0.2) is 12.1 Å². The van der Waals surface area contributed by atoms with E-state index in [-0.39, 0.29) is 5.75 Å². The van der Waals surface area contributed by atoms with Crippen molar-refractivity contribution in [3.63, 3.8) is 0 Å². The van der Waals surface area contributed by atoms with Crippen molar-refractivity contribution < 1.29 is 17.9 Å². The Morgan fingerprint density at radius 1 is 0.800 bits per heavy atom. The highest BCUT2D eigenvalue weighted by Crippen LogP contribution is 2.28. The fourth-order valence-electron chi connectivity index (χ4n) is 2.76. The molecule has 0 atom stereocenters. The molecule has 0 N–H and O–H groups in total. The number of hydrogen-bond acceptors (Lipinski definition) is 2. The lowest BCUT2D eigenvalue weighted by molar-refractivity contribution is -0.274. The molecule has 2 aromatic carbocycles. The Morgan fingerprint density at radius 3 is 1.84 bits per heavy atom. The molecule has 1 aliphatic carbocycles. The molecule has 5 heteroatoms. The lowest BCUT2D eigenvalue weighted by Crippen LogP contribution is -2.16. The number of nitrogens with zero attached hydrogens (tertiary/aromatic N) is 1. The predicted molar refractivity (Wildman–Crippen MR) is 93.3 cm³/mol. The van der Waals surface area contributed by atoms with Gasteiger partial charge in [0.05, 0.1) is 5.69 Å². The van der Waals surface area contributed by atoms with Crippen molar-refractivity contribution in [3.05, 3.63) is 60.7 Å². The second-order valence-corrected chi connectivity index (χ2v) is 6.05. The molecule has 0 unspecified atom stereocenters. The van der Waals surface area contributed by atoms with Crippen molar-refractivity contribution in [1.29, 1.82) is 0 Å². The minimum Gasteiger partial charge on any atom is -0.406 e. The molecule has 0 radical (unpaired) electrons. The van der Waals surface area contributed by atoms with E-state index < -0.39 is 6.36 Å². The van der Waals surface area contributed by atoms with Crippen molar-refractivity contribution in [3.8, 4) is 16.9 Å². The number of alkyl halides is 3. The molecule has 130 valence electrons. The zero-order valence-corrected chi connectivity index (χ0v) is 13.6. The summed E-state index contributed by atoms with van der Waals surface area (Å²) in [4.78, 5) is 4.67. The van der Waals surface area contributed by atoms with Crippen LogP contribution in [0.5, 0.6) is 5.75 Å². The number of hydrogen-bond donors (Lipinski definition) is 0. The smallest absolute Gasteiger partial charge is 0.406 e. The summed E-state index contributed by atoms with van der Waals surface area (Å²) in [7, 11) is 0. The van der Waals surface area contributed by atoms with Crippen LogP contribution in [-0.2, 0) is 0 Å². The molecule has 1 saturated carbocycles. The zero-order chi connectivity index (χ0) is 17.9. The van der Waals surface area contributed by atoms with Gasteiger partial charge in [-0.2, -0.15) is 0 Å². The third-order valence-corrected chi connectivity index (χ3v) is 4.11. The number of allylic oxidation sites excluding steroid dienone is 1. The van der Waals surface area contributed by atoms with Crippen molar-refractivity contribution in [2.24, 2.45) is 4.99 Å². The zero-order valence-electron chi connectivity index (χ0n) is 13.6. The summed E-state index contributed by atoms with van der Waals surface area (Å²) in [5, 5.41) is 0. The first kappa shape index (κ1) is 17.3. The highest BCUT2D eigenvalue weighted by molar-refractivity contribution is 5.88. The van der Waals surface area contributed by atoms with Crippen LogP contribution in [0.25, 0.3) is 11.1 Å². The lowest BCUT2D eigenvalue weighted by Gasteiger charge is -2.15. The Hall–Kier alpha value is -2.56. The molecule has 3 rings (SSSR count). The normalized spacial score (nSPS) is 15.2. The van der Waals surface area contributed by atoms with Crippen molar-refractivity contribution >= 4 is 11.4 Å². The van der Waals surface area contributed by atoms with E-state index in [2.05, 4.69) is 16.3 Å². The van der Waals surface area contributed by atoms with E-state index in [0.717, 1.165) is 42.5 Å². The molecule has 0 spiro atoms. The maximum absolute atomic E-state index is 12.2. The minimum absolute atomic E-state index is 0.224. The van der Waals surface area contributed by atoms with Gasteiger partial charge >= 0.3 is 6.36 Å². The maximum atomic E-state index is 12.2. The molecule has 2 nitrogen and oxygen atoms in total. The first-order valence-corrected chi connectivity index (χ1v) is 8.08. The Labute approximate surface area is 144 Å². The SMILES string of the molecule is C=C1CCC(=Nc2ccc(-c3ccc(OC(F)(F)F)cc3)cc2)CC1. The summed E-state index contributed by atoms with van der Waals surface area (Å²) >= 11 is 0. The lowest BCUT2D eigenvalue weighted by atomic mass is 9.94. The van der Waals surface area contributed by atoms with Crippen LogP contribution in [0.4, 0.5) is 18.9 Å². The summed E-state index contributed by atoms with van der Waals surface area (Å²) in [5.74, 6) is -0.224. The van der Waals surface area contributed by atoms with Gasteiger partial charge in [0.1, 0.15) is 5.75 Å². The van der Waals surface area contributed by atoms with E-state index in [4.69, 9.17) is 0 Å². The number of halogens is 3. The number of aliphatic imine (C=N–C) groups is 1. The van der Waals surface area contributed by atoms with Gasteiger partial charge in [-0.3, -0.25) is 4.99 Å². The van der Waals surface area contributed by atoms with Crippen LogP contribution in [0.3, 0.4) is 0 Å². The molecule has 0 saturated heterocycles. The second-order valence-electron chi connectivity index (χ2n) is 6.05. The molecule has 1 fully saturated rings. The predicted octanol–water partition coefficient (Wildman–Crippen LogP) is 6.45. The minimum atomic E-state index is -4.67. The number of benzene rings is 2. The molecular weight excluding hydrogens is 327 g/mol. The highest BCUT2D eigenvalue weighted by Gasteiger charge is 2.30. The van der Waals surface area contributed by atoms with Gasteiger partial charge < -0.3 is 4.74 Å². The van der Waals surface area contributed by atoms with Gasteiger partial charge in [0.15, 0.2) is 0 Å². The van der Waals surface area contributed by atoms with E-state index >= 15 is 0 Å². The first-order chi connectivity index (χ1) is 11.9. The van der Waals surface area contributed by atoms with Crippen molar-refractivity contribution in [1.82, 2.24) is 0 Å². The van der Waals surface area contributed by atoms with Crippen LogP contribution in [0.15, 0.2) is 65.7 Å². The maximum Gasteiger partial charge on any atom is 0.573 e. The standard InChI is InChI=1S/C20H18F3NO/c1-14-2-8-17(9-3-14)24-18-10-4-15(5-11-18)16-6-12-19(13-7-16)25-20(21,22)23/h4-7,10-13H,1-3,8-9H2. The fraction of sp³-hybridized carbons (Fsp3) is 0.250. The van der Waals surface area contributed by atoms with E-state index in [9.17, 15) is 13.2 Å². The fourth-order valence-corrected chi connectivity index (χ4v) is 2.76. The van der Waals surface area contributed by atoms with E-state index in [1.807, 2.05) is 24.3 Å². The van der Waals surface area contributed by atoms with Crippen LogP contribution >= 0.6 is 0 Å². The quantitative estimate of drug-likeness (QED) is 0.585. The van der Waals surface area contributed by atoms with Gasteiger partial charge in [0.2, 0.25) is 0 Å². The van der Waals surface area contributed by atoms with Gasteiger partial charge in [-0.1, -0.05) is 36.4 Å². The van der Waals surface area contributed by atoms with E-state index in [1.165, 1.54) is 23.4 Å². The van der Waals surface area contributed by atoms with Crippen LogP contribution in [0.1, 0.15) is 25.7 Å². The Morgan fingerprint density at radius 2 is 1.32 bits per heavy atom. The van der Waals surface area contributed by atoms with Crippen LogP contribution in [0.2, 0.25) is 0 Å². The molecule has 0 bridgehead atoms. The third kappa shape index (κ3) is 4.95. The van der Waals surface area contributed by atoms with Crippen LogP contribution in [0, 0.1) is 0 Å². The van der Waals surface area contributed by atoms with E-state index in [0.29, 0.717) is 0 Å². The van der Waals surface area contributed by atoms with Gasteiger partial charge in [-0.25, -0.2) is 0 Å². The number of rotatable bonds is 3. The average Bonchev–Trinajstić information content (AvgIpc) is 2.57. The summed E-state index contributed by atoms with van der Waals surface area (Å²) in [6.45, 7) is 4.00. The molecule has 0 amide bonds. The molecule has 0 heterocycles. The summed E-state index contributed by atoms with van der Waals surface area (Å²) in [6, 6.07) is 13.5. The summed E-state index contributed by atoms with van der Waals surface area (Å²) in [5.41, 5.74) is 5.10. The Kier molecular flexibility index (Phi) is 4.93. The summed E-state index contributed by atoms with van der Waals surface area (Å²) in [6.07, 6.45) is -0.747. The molecule has 2 aromatic rings. The third-order valence-electron chi connectivity index (χ3n) is 4.11. The second kappa shape index (κ2) is 7.13. The first-order valence-electron chi connectivity index (χ1n) is 8.08. The topological polar surface area (TPSA) is 21.6 Å². The van der Waals surface area contributed by atoms with Gasteiger partial charge in [0, 0.05) is 5.71 Å². The molecule has 0 aromatic heterocycles. The number of ether oxygens (including phenoxy) is 1. The average molecular weight is 345 g/mol.